The van der Waals surface area contributed by atoms with Crippen molar-refractivity contribution in [1.29, 1.82) is 0 Å². The van der Waals surface area contributed by atoms with Crippen molar-refractivity contribution < 1.29 is 22.8 Å². The number of phenolic OH excluding ortho intramolecular Hbond substituents is 2. The van der Waals surface area contributed by atoms with Gasteiger partial charge in [-0.2, -0.15) is 8.42 Å². The molecule has 2 N–H and O–H groups in total. The molecule has 0 aromatic heterocycles. The van der Waals surface area contributed by atoms with Gasteiger partial charge in [0.05, 0.1) is 0 Å². The number of aromatic hydroxyl groups is 2. The first-order chi connectivity index (χ1) is 12.8. The zero-order chi connectivity index (χ0) is 19.4. The number of aryl methyl sites for hydroxylation is 1. The van der Waals surface area contributed by atoms with Crippen LogP contribution >= 0.6 is 0 Å². The van der Waals surface area contributed by atoms with E-state index in [1.54, 1.807) is 24.3 Å². The highest BCUT2D eigenvalue weighted by Crippen LogP contribution is 2.34. The minimum atomic E-state index is -4.03. The molecular weight excluding hydrogens is 368 g/mol. The molecule has 0 bridgehead atoms. The van der Waals surface area contributed by atoms with E-state index in [1.807, 2.05) is 6.92 Å². The standard InChI is InChI=1S/C19H16N2O5S/c1-13-6-9-15(10-7-13)27(24,25)26-19-5-3-2-4-17(19)21-20-16-11-8-14(22)12-18(16)23/h2-12,22-23H,1H3. The number of para-hydroxylation sites is 1. The molecule has 27 heavy (non-hydrogen) atoms. The van der Waals surface area contributed by atoms with E-state index >= 15 is 0 Å². The summed E-state index contributed by atoms with van der Waals surface area (Å²) in [6.45, 7) is 1.85. The first kappa shape index (κ1) is 18.4. The molecule has 8 heteroatoms. The summed E-state index contributed by atoms with van der Waals surface area (Å²) in [6.07, 6.45) is 0. The fourth-order valence-corrected chi connectivity index (χ4v) is 3.13. The van der Waals surface area contributed by atoms with Gasteiger partial charge in [-0.25, -0.2) is 0 Å². The van der Waals surface area contributed by atoms with Crippen LogP contribution in [0.5, 0.6) is 17.2 Å². The first-order valence-electron chi connectivity index (χ1n) is 7.89. The molecule has 0 radical (unpaired) electrons. The van der Waals surface area contributed by atoms with Crippen molar-refractivity contribution in [2.24, 2.45) is 10.2 Å². The maximum atomic E-state index is 12.5. The number of rotatable bonds is 5. The van der Waals surface area contributed by atoms with Crippen molar-refractivity contribution in [3.05, 3.63) is 72.3 Å². The molecular formula is C19H16N2O5S. The number of nitrogens with zero attached hydrogens (tertiary/aromatic N) is 2. The molecule has 0 spiro atoms. The first-order valence-corrected chi connectivity index (χ1v) is 9.30. The summed E-state index contributed by atoms with van der Waals surface area (Å²) < 4.78 is 30.1. The Morgan fingerprint density at radius 3 is 2.22 bits per heavy atom. The number of hydrogen-bond donors (Lipinski definition) is 2. The highest BCUT2D eigenvalue weighted by Gasteiger charge is 2.18. The summed E-state index contributed by atoms with van der Waals surface area (Å²) in [5, 5.41) is 26.9. The number of phenols is 2. The van der Waals surface area contributed by atoms with Gasteiger partial charge in [0.2, 0.25) is 0 Å². The van der Waals surface area contributed by atoms with Crippen LogP contribution in [-0.2, 0) is 10.1 Å². The maximum absolute atomic E-state index is 12.5. The predicted octanol–water partition coefficient (Wildman–Crippen LogP) is 4.59. The zero-order valence-corrected chi connectivity index (χ0v) is 15.1. The minimum Gasteiger partial charge on any atom is -0.508 e. The Labute approximate surface area is 156 Å². The van der Waals surface area contributed by atoms with Gasteiger partial charge in [0, 0.05) is 6.07 Å². The van der Waals surface area contributed by atoms with E-state index in [9.17, 15) is 18.6 Å². The number of hydrogen-bond acceptors (Lipinski definition) is 7. The largest absolute Gasteiger partial charge is 0.508 e. The molecule has 0 aliphatic heterocycles. The highest BCUT2D eigenvalue weighted by atomic mass is 32.2. The Morgan fingerprint density at radius 1 is 0.852 bits per heavy atom. The van der Waals surface area contributed by atoms with E-state index < -0.39 is 10.1 Å². The summed E-state index contributed by atoms with van der Waals surface area (Å²) in [4.78, 5) is 0.0241. The van der Waals surface area contributed by atoms with Gasteiger partial charge in [-0.15, -0.1) is 10.2 Å². The van der Waals surface area contributed by atoms with Gasteiger partial charge in [0.15, 0.2) is 5.75 Å². The minimum absolute atomic E-state index is 0.0000862. The monoisotopic (exact) mass is 384 g/mol. The van der Waals surface area contributed by atoms with Gasteiger partial charge in [0.25, 0.3) is 0 Å². The molecule has 0 unspecified atom stereocenters. The van der Waals surface area contributed by atoms with E-state index in [1.165, 1.54) is 36.4 Å². The lowest BCUT2D eigenvalue weighted by Gasteiger charge is -2.09. The second-order valence-corrected chi connectivity index (χ2v) is 7.24. The Morgan fingerprint density at radius 2 is 1.52 bits per heavy atom. The summed E-state index contributed by atoms with van der Waals surface area (Å²) in [5.74, 6) is -0.371. The molecule has 3 aromatic carbocycles. The van der Waals surface area contributed by atoms with Crippen molar-refractivity contribution in [3.8, 4) is 17.2 Å². The fourth-order valence-electron chi connectivity index (χ4n) is 2.19. The molecule has 0 atom stereocenters. The van der Waals surface area contributed by atoms with Crippen LogP contribution in [-0.4, -0.2) is 18.6 Å². The van der Waals surface area contributed by atoms with Gasteiger partial charge in [0.1, 0.15) is 27.8 Å². The molecule has 0 saturated carbocycles. The molecule has 0 aliphatic carbocycles. The highest BCUT2D eigenvalue weighted by molar-refractivity contribution is 7.87. The second kappa shape index (κ2) is 7.46. The van der Waals surface area contributed by atoms with Crippen molar-refractivity contribution in [3.63, 3.8) is 0 Å². The van der Waals surface area contributed by atoms with Crippen molar-refractivity contribution >= 4 is 21.5 Å². The summed E-state index contributed by atoms with van der Waals surface area (Å²) >= 11 is 0. The Kier molecular flexibility index (Phi) is 5.09. The van der Waals surface area contributed by atoms with Gasteiger partial charge >= 0.3 is 10.1 Å². The quantitative estimate of drug-likeness (QED) is 0.494. The van der Waals surface area contributed by atoms with Crippen molar-refractivity contribution in [2.75, 3.05) is 0 Å². The summed E-state index contributed by atoms with van der Waals surface area (Å²) in [7, 11) is -4.03. The lowest BCUT2D eigenvalue weighted by molar-refractivity contribution is 0.451. The number of azo groups is 1. The van der Waals surface area contributed by atoms with Crippen LogP contribution in [0.4, 0.5) is 11.4 Å². The molecule has 3 aromatic rings. The SMILES string of the molecule is Cc1ccc(S(=O)(=O)Oc2ccccc2N=Nc2ccc(O)cc2O)cc1. The van der Waals surface area contributed by atoms with E-state index in [0.717, 1.165) is 11.6 Å². The van der Waals surface area contributed by atoms with Crippen molar-refractivity contribution in [1.82, 2.24) is 0 Å². The molecule has 7 nitrogen and oxygen atoms in total. The molecule has 0 saturated heterocycles. The summed E-state index contributed by atoms with van der Waals surface area (Å²) in [6, 6.07) is 16.4. The lowest BCUT2D eigenvalue weighted by atomic mass is 10.2. The Bertz CT molecular complexity index is 1090. The topological polar surface area (TPSA) is 109 Å². The zero-order valence-electron chi connectivity index (χ0n) is 14.3. The molecule has 3 rings (SSSR count). The van der Waals surface area contributed by atoms with E-state index in [4.69, 9.17) is 4.18 Å². The third-order valence-corrected chi connectivity index (χ3v) is 4.85. The van der Waals surface area contributed by atoms with Crippen molar-refractivity contribution in [2.45, 2.75) is 11.8 Å². The van der Waals surface area contributed by atoms with E-state index in [0.29, 0.717) is 0 Å². The molecule has 0 aliphatic rings. The maximum Gasteiger partial charge on any atom is 0.339 e. The third-order valence-electron chi connectivity index (χ3n) is 3.60. The molecule has 0 amide bonds. The molecule has 0 heterocycles. The average Bonchev–Trinajstić information content (AvgIpc) is 2.62. The van der Waals surface area contributed by atoms with Gasteiger partial charge in [-0.3, -0.25) is 0 Å². The van der Waals surface area contributed by atoms with Crippen LogP contribution in [0.1, 0.15) is 5.56 Å². The third kappa shape index (κ3) is 4.42. The van der Waals surface area contributed by atoms with Gasteiger partial charge in [-0.05, 0) is 43.3 Å². The van der Waals surface area contributed by atoms with E-state index in [2.05, 4.69) is 10.2 Å². The van der Waals surface area contributed by atoms with Gasteiger partial charge in [-0.1, -0.05) is 29.8 Å². The van der Waals surface area contributed by atoms with Gasteiger partial charge < -0.3 is 14.4 Å². The Hall–Kier alpha value is -3.39. The van der Waals surface area contributed by atoms with Crippen LogP contribution in [0.2, 0.25) is 0 Å². The van der Waals surface area contributed by atoms with E-state index in [-0.39, 0.29) is 33.5 Å². The molecule has 138 valence electrons. The smallest absolute Gasteiger partial charge is 0.339 e. The second-order valence-electron chi connectivity index (χ2n) is 5.69. The van der Waals surface area contributed by atoms with Crippen LogP contribution in [0, 0.1) is 6.92 Å². The number of benzene rings is 3. The van der Waals surface area contributed by atoms with Crippen LogP contribution in [0.15, 0.2) is 81.9 Å². The lowest BCUT2D eigenvalue weighted by Crippen LogP contribution is -2.09. The Balaban J connectivity index is 1.90. The average molecular weight is 384 g/mol. The predicted molar refractivity (Wildman–Crippen MR) is 99.4 cm³/mol. The molecule has 0 fully saturated rings. The normalized spacial score (nSPS) is 11.6. The fraction of sp³-hybridized carbons (Fsp3) is 0.0526. The van der Waals surface area contributed by atoms with Crippen LogP contribution in [0.3, 0.4) is 0 Å². The van der Waals surface area contributed by atoms with Crippen LogP contribution < -0.4 is 4.18 Å². The summed E-state index contributed by atoms with van der Waals surface area (Å²) in [5.41, 5.74) is 1.21. The van der Waals surface area contributed by atoms with Crippen LogP contribution in [0.25, 0.3) is 0 Å².